The molecule has 24 heavy (non-hydrogen) atoms. The predicted octanol–water partition coefficient (Wildman–Crippen LogP) is 3.42. The zero-order valence-corrected chi connectivity index (χ0v) is 16.8. The molecule has 2 N–H and O–H groups in total. The largest absolute Gasteiger partial charge is 0.378 e. The van der Waals surface area contributed by atoms with Gasteiger partial charge in [0.25, 0.3) is 0 Å². The van der Waals surface area contributed by atoms with E-state index < -0.39 is 0 Å². The van der Waals surface area contributed by atoms with Crippen LogP contribution < -0.4 is 10.6 Å². The fraction of sp³-hybridized carbons (Fsp3) is 1.00. The lowest BCUT2D eigenvalue weighted by Gasteiger charge is -2.42. The van der Waals surface area contributed by atoms with Crippen LogP contribution in [0.2, 0.25) is 0 Å². The van der Waals surface area contributed by atoms with Crippen molar-refractivity contribution in [2.45, 2.75) is 80.2 Å². The number of nitrogens with one attached hydrogen (secondary N) is 2. The number of hydrogen-bond donors (Lipinski definition) is 2. The molecule has 0 aromatic rings. The van der Waals surface area contributed by atoms with Gasteiger partial charge in [-0.25, -0.2) is 0 Å². The van der Waals surface area contributed by atoms with Crippen LogP contribution in [-0.4, -0.2) is 55.3 Å². The van der Waals surface area contributed by atoms with Gasteiger partial charge in [-0.3, -0.25) is 10.6 Å². The first-order chi connectivity index (χ1) is 11.8. The van der Waals surface area contributed by atoms with E-state index in [4.69, 9.17) is 8.92 Å². The standard InChI is InChI=1S/C18H34N2O2S2/c1-21-17-10-9-16(13-5-7-14(23-2)8-6-13)20-18(17)19-12-15-4-3-11-22-24-15/h13-20H,3-12H2,1-2H3. The Kier molecular flexibility index (Phi) is 8.06. The van der Waals surface area contributed by atoms with Crippen LogP contribution in [-0.2, 0) is 8.92 Å². The smallest absolute Gasteiger partial charge is 0.0856 e. The summed E-state index contributed by atoms with van der Waals surface area (Å²) in [5.74, 6) is 0.850. The molecule has 6 heteroatoms. The fourth-order valence-electron chi connectivity index (χ4n) is 4.43. The molecule has 4 nitrogen and oxygen atoms in total. The number of rotatable bonds is 6. The summed E-state index contributed by atoms with van der Waals surface area (Å²) in [6.07, 6.45) is 13.3. The Labute approximate surface area is 156 Å². The highest BCUT2D eigenvalue weighted by molar-refractivity contribution is 7.99. The molecule has 1 aliphatic carbocycles. The fourth-order valence-corrected chi connectivity index (χ4v) is 6.01. The third-order valence-electron chi connectivity index (χ3n) is 5.97. The predicted molar refractivity (Wildman–Crippen MR) is 105 cm³/mol. The van der Waals surface area contributed by atoms with Crippen molar-refractivity contribution < 1.29 is 8.92 Å². The second-order valence-electron chi connectivity index (χ2n) is 7.47. The first kappa shape index (κ1) is 19.3. The molecule has 0 bridgehead atoms. The highest BCUT2D eigenvalue weighted by Crippen LogP contribution is 2.35. The molecule has 2 heterocycles. The van der Waals surface area contributed by atoms with Gasteiger partial charge in [-0.1, -0.05) is 0 Å². The van der Waals surface area contributed by atoms with E-state index in [-0.39, 0.29) is 6.17 Å². The van der Waals surface area contributed by atoms with Crippen LogP contribution in [0, 0.1) is 5.92 Å². The molecule has 0 aromatic carbocycles. The van der Waals surface area contributed by atoms with Gasteiger partial charge in [-0.15, -0.1) is 0 Å². The minimum Gasteiger partial charge on any atom is -0.378 e. The van der Waals surface area contributed by atoms with Crippen molar-refractivity contribution in [2.75, 3.05) is 26.5 Å². The van der Waals surface area contributed by atoms with Crippen molar-refractivity contribution in [3.63, 3.8) is 0 Å². The van der Waals surface area contributed by atoms with Crippen molar-refractivity contribution in [3.05, 3.63) is 0 Å². The maximum Gasteiger partial charge on any atom is 0.0856 e. The Morgan fingerprint density at radius 3 is 2.67 bits per heavy atom. The van der Waals surface area contributed by atoms with Crippen LogP contribution in [0.25, 0.3) is 0 Å². The van der Waals surface area contributed by atoms with E-state index in [0.717, 1.165) is 24.3 Å². The molecule has 4 unspecified atom stereocenters. The minimum absolute atomic E-state index is 0.287. The van der Waals surface area contributed by atoms with Crippen LogP contribution in [0.5, 0.6) is 0 Å². The highest BCUT2D eigenvalue weighted by atomic mass is 32.2. The van der Waals surface area contributed by atoms with Crippen molar-refractivity contribution >= 4 is 23.8 Å². The molecular weight excluding hydrogens is 340 g/mol. The first-order valence-electron chi connectivity index (χ1n) is 9.63. The minimum atomic E-state index is 0.287. The highest BCUT2D eigenvalue weighted by Gasteiger charge is 2.35. The Balaban J connectivity index is 1.48. The van der Waals surface area contributed by atoms with Crippen LogP contribution in [0.4, 0.5) is 0 Å². The Morgan fingerprint density at radius 2 is 2.00 bits per heavy atom. The van der Waals surface area contributed by atoms with Gasteiger partial charge in [0.15, 0.2) is 0 Å². The van der Waals surface area contributed by atoms with Gasteiger partial charge in [0, 0.05) is 30.2 Å². The Morgan fingerprint density at radius 1 is 1.17 bits per heavy atom. The van der Waals surface area contributed by atoms with Crippen molar-refractivity contribution in [3.8, 4) is 0 Å². The summed E-state index contributed by atoms with van der Waals surface area (Å²) in [5, 5.41) is 9.12. The van der Waals surface area contributed by atoms with Crippen molar-refractivity contribution in [1.82, 2.24) is 10.6 Å². The van der Waals surface area contributed by atoms with Gasteiger partial charge in [0.05, 0.1) is 18.9 Å². The Hall–Kier alpha value is 0.540. The molecule has 2 aliphatic heterocycles. The van der Waals surface area contributed by atoms with Crippen LogP contribution in [0.15, 0.2) is 0 Å². The third-order valence-corrected chi connectivity index (χ3v) is 8.09. The topological polar surface area (TPSA) is 42.5 Å². The monoisotopic (exact) mass is 374 g/mol. The number of ether oxygens (including phenoxy) is 1. The lowest BCUT2D eigenvalue weighted by Crippen LogP contribution is -2.61. The lowest BCUT2D eigenvalue weighted by molar-refractivity contribution is 0.0116. The SMILES string of the molecule is COC1CCC(C2CCC(SC)CC2)NC1NCC1CCCOS1. The zero-order chi connectivity index (χ0) is 16.8. The van der Waals surface area contributed by atoms with Gasteiger partial charge in [0.1, 0.15) is 0 Å². The van der Waals surface area contributed by atoms with Gasteiger partial charge >= 0.3 is 0 Å². The second-order valence-corrected chi connectivity index (χ2v) is 9.70. The summed E-state index contributed by atoms with van der Waals surface area (Å²) in [4.78, 5) is 0. The average Bonchev–Trinajstić information content (AvgIpc) is 2.67. The van der Waals surface area contributed by atoms with Crippen LogP contribution in [0.1, 0.15) is 51.4 Å². The van der Waals surface area contributed by atoms with E-state index in [9.17, 15) is 0 Å². The molecule has 140 valence electrons. The van der Waals surface area contributed by atoms with Crippen LogP contribution >= 0.6 is 23.8 Å². The molecule has 3 aliphatic rings. The molecule has 3 fully saturated rings. The molecule has 0 radical (unpaired) electrons. The molecule has 3 rings (SSSR count). The molecule has 2 saturated heterocycles. The van der Waals surface area contributed by atoms with Gasteiger partial charge in [-0.2, -0.15) is 11.8 Å². The van der Waals surface area contributed by atoms with E-state index in [1.165, 1.54) is 51.4 Å². The van der Waals surface area contributed by atoms with E-state index >= 15 is 0 Å². The maximum atomic E-state index is 5.75. The third kappa shape index (κ3) is 5.27. The van der Waals surface area contributed by atoms with Gasteiger partial charge in [0.2, 0.25) is 0 Å². The zero-order valence-electron chi connectivity index (χ0n) is 15.2. The summed E-state index contributed by atoms with van der Waals surface area (Å²) < 4.78 is 11.3. The van der Waals surface area contributed by atoms with E-state index in [1.807, 2.05) is 7.11 Å². The second kappa shape index (κ2) is 10.0. The van der Waals surface area contributed by atoms with Gasteiger partial charge < -0.3 is 8.92 Å². The molecule has 0 aromatic heterocycles. The van der Waals surface area contributed by atoms with Gasteiger partial charge in [-0.05, 0) is 75.6 Å². The molecular formula is C18H34N2O2S2. The summed E-state index contributed by atoms with van der Waals surface area (Å²) in [6, 6.07) is 0.659. The number of piperidine rings is 1. The van der Waals surface area contributed by atoms with Crippen molar-refractivity contribution in [2.24, 2.45) is 5.92 Å². The van der Waals surface area contributed by atoms with Crippen molar-refractivity contribution in [1.29, 1.82) is 0 Å². The number of hydrogen-bond acceptors (Lipinski definition) is 6. The van der Waals surface area contributed by atoms with E-state index in [2.05, 4.69) is 28.7 Å². The molecule has 4 atom stereocenters. The van der Waals surface area contributed by atoms with E-state index in [0.29, 0.717) is 17.4 Å². The average molecular weight is 375 g/mol. The quantitative estimate of drug-likeness (QED) is 0.695. The van der Waals surface area contributed by atoms with Crippen LogP contribution in [0.3, 0.4) is 0 Å². The maximum absolute atomic E-state index is 5.75. The summed E-state index contributed by atoms with van der Waals surface area (Å²) in [5.41, 5.74) is 0. The molecule has 0 amide bonds. The summed E-state index contributed by atoms with van der Waals surface area (Å²) >= 11 is 3.71. The Bertz CT molecular complexity index is 361. The van der Waals surface area contributed by atoms with E-state index in [1.54, 1.807) is 12.0 Å². The first-order valence-corrected chi connectivity index (χ1v) is 11.7. The number of methoxy groups -OCH3 is 1. The molecule has 0 spiro atoms. The molecule has 1 saturated carbocycles. The number of thioether (sulfide) groups is 1. The summed E-state index contributed by atoms with van der Waals surface area (Å²) in [6.45, 7) is 1.92. The summed E-state index contributed by atoms with van der Waals surface area (Å²) in [7, 11) is 1.85. The lowest BCUT2D eigenvalue weighted by atomic mass is 9.80. The normalized spacial score (nSPS) is 41.2.